The van der Waals surface area contributed by atoms with Gasteiger partial charge in [-0.1, -0.05) is 18.5 Å². The second-order valence-corrected chi connectivity index (χ2v) is 5.86. The number of likely N-dealkylation sites (tertiary alicyclic amines) is 1. The number of hydrogen-bond donors (Lipinski definition) is 1. The third-order valence-electron chi connectivity index (χ3n) is 3.77. The summed E-state index contributed by atoms with van der Waals surface area (Å²) in [4.78, 5) is 24.7. The lowest BCUT2D eigenvalue weighted by Gasteiger charge is -2.17. The van der Waals surface area contributed by atoms with Crippen LogP contribution in [0.4, 0.5) is 0 Å². The van der Waals surface area contributed by atoms with E-state index in [2.05, 4.69) is 0 Å². The molecule has 0 aliphatic carbocycles. The normalized spacial score (nSPS) is 21.4. The minimum absolute atomic E-state index is 0.0382. The Morgan fingerprint density at radius 1 is 1.43 bits per heavy atom. The highest BCUT2D eigenvalue weighted by Gasteiger charge is 2.36. The Labute approximate surface area is 128 Å². The van der Waals surface area contributed by atoms with Crippen LogP contribution in [0.1, 0.15) is 12.5 Å². The van der Waals surface area contributed by atoms with Crippen molar-refractivity contribution in [1.29, 1.82) is 0 Å². The summed E-state index contributed by atoms with van der Waals surface area (Å²) in [6, 6.07) is 5.18. The van der Waals surface area contributed by atoms with E-state index in [-0.39, 0.29) is 25.0 Å². The van der Waals surface area contributed by atoms with Gasteiger partial charge >= 0.3 is 5.97 Å². The second-order valence-electron chi connectivity index (χ2n) is 5.42. The van der Waals surface area contributed by atoms with Gasteiger partial charge in [-0.05, 0) is 36.6 Å². The van der Waals surface area contributed by atoms with E-state index < -0.39 is 11.9 Å². The lowest BCUT2D eigenvalue weighted by atomic mass is 9.99. The number of carbonyl (C=O) groups is 2. The van der Waals surface area contributed by atoms with Crippen molar-refractivity contribution in [2.75, 3.05) is 19.7 Å². The highest BCUT2D eigenvalue weighted by Crippen LogP contribution is 2.24. The smallest absolute Gasteiger partial charge is 0.308 e. The molecule has 114 valence electrons. The Morgan fingerprint density at radius 2 is 2.14 bits per heavy atom. The van der Waals surface area contributed by atoms with Crippen molar-refractivity contribution in [3.8, 4) is 5.75 Å². The Kier molecular flexibility index (Phi) is 4.73. The van der Waals surface area contributed by atoms with Crippen LogP contribution in [0.25, 0.3) is 0 Å². The van der Waals surface area contributed by atoms with Crippen molar-refractivity contribution < 1.29 is 19.4 Å². The van der Waals surface area contributed by atoms with Crippen molar-refractivity contribution in [3.63, 3.8) is 0 Å². The predicted molar refractivity (Wildman–Crippen MR) is 78.6 cm³/mol. The average molecular weight is 312 g/mol. The van der Waals surface area contributed by atoms with E-state index in [4.69, 9.17) is 21.4 Å². The summed E-state index contributed by atoms with van der Waals surface area (Å²) >= 11 is 5.86. The number of aliphatic carboxylic acids is 1. The van der Waals surface area contributed by atoms with Crippen LogP contribution in [0.3, 0.4) is 0 Å². The maximum atomic E-state index is 12.1. The molecule has 2 rings (SSSR count). The number of benzene rings is 1. The summed E-state index contributed by atoms with van der Waals surface area (Å²) in [5, 5.41) is 9.69. The number of rotatable bonds is 4. The standard InChI is InChI=1S/C15H18ClNO4/c1-9-5-11(16)3-4-13(9)21-8-14(18)17-6-10(2)12(7-17)15(19)20/h3-5,10,12H,6-8H2,1-2H3,(H,19,20)/t10-,12-/m1/s1. The van der Waals surface area contributed by atoms with Crippen molar-refractivity contribution in [2.24, 2.45) is 11.8 Å². The minimum Gasteiger partial charge on any atom is -0.483 e. The van der Waals surface area contributed by atoms with Crippen molar-refractivity contribution in [1.82, 2.24) is 4.90 Å². The van der Waals surface area contributed by atoms with Gasteiger partial charge in [0.15, 0.2) is 6.61 Å². The molecule has 1 aromatic carbocycles. The van der Waals surface area contributed by atoms with Crippen LogP contribution in [0, 0.1) is 18.8 Å². The zero-order valence-corrected chi connectivity index (χ0v) is 12.8. The number of carboxylic acids is 1. The molecule has 6 heteroatoms. The quantitative estimate of drug-likeness (QED) is 0.925. The molecule has 0 spiro atoms. The molecule has 0 unspecified atom stereocenters. The topological polar surface area (TPSA) is 66.8 Å². The molecule has 1 amide bonds. The first-order valence-electron chi connectivity index (χ1n) is 6.78. The van der Waals surface area contributed by atoms with E-state index in [1.807, 2.05) is 13.8 Å². The number of carbonyl (C=O) groups excluding carboxylic acids is 1. The van der Waals surface area contributed by atoms with Gasteiger partial charge in [0.25, 0.3) is 5.91 Å². The molecule has 1 heterocycles. The molecule has 0 aromatic heterocycles. The lowest BCUT2D eigenvalue weighted by molar-refractivity contribution is -0.142. The van der Waals surface area contributed by atoms with Crippen LogP contribution in [-0.2, 0) is 9.59 Å². The second kappa shape index (κ2) is 6.35. The zero-order valence-electron chi connectivity index (χ0n) is 12.0. The van der Waals surface area contributed by atoms with Crippen LogP contribution < -0.4 is 4.74 Å². The Hall–Kier alpha value is -1.75. The molecule has 1 aliphatic rings. The van der Waals surface area contributed by atoms with Gasteiger partial charge in [0, 0.05) is 18.1 Å². The van der Waals surface area contributed by atoms with E-state index in [0.29, 0.717) is 17.3 Å². The van der Waals surface area contributed by atoms with Crippen LogP contribution in [0.15, 0.2) is 18.2 Å². The monoisotopic (exact) mass is 311 g/mol. The van der Waals surface area contributed by atoms with Gasteiger partial charge in [-0.25, -0.2) is 0 Å². The van der Waals surface area contributed by atoms with Crippen LogP contribution >= 0.6 is 11.6 Å². The molecule has 0 radical (unpaired) electrons. The molecule has 0 bridgehead atoms. The largest absolute Gasteiger partial charge is 0.483 e. The molecular formula is C15H18ClNO4. The highest BCUT2D eigenvalue weighted by atomic mass is 35.5. The van der Waals surface area contributed by atoms with Gasteiger partial charge in [0.2, 0.25) is 0 Å². The van der Waals surface area contributed by atoms with Gasteiger partial charge in [-0.2, -0.15) is 0 Å². The van der Waals surface area contributed by atoms with Gasteiger partial charge < -0.3 is 14.7 Å². The number of nitrogens with zero attached hydrogens (tertiary/aromatic N) is 1. The maximum absolute atomic E-state index is 12.1. The molecular weight excluding hydrogens is 294 g/mol. The van der Waals surface area contributed by atoms with Crippen LogP contribution in [0.2, 0.25) is 5.02 Å². The first-order chi connectivity index (χ1) is 9.88. The van der Waals surface area contributed by atoms with Gasteiger partial charge in [-0.15, -0.1) is 0 Å². The van der Waals surface area contributed by atoms with E-state index in [1.54, 1.807) is 23.1 Å². The zero-order chi connectivity index (χ0) is 15.6. The molecule has 0 saturated carbocycles. The number of hydrogen-bond acceptors (Lipinski definition) is 3. The molecule has 2 atom stereocenters. The molecule has 1 fully saturated rings. The lowest BCUT2D eigenvalue weighted by Crippen LogP contribution is -2.34. The summed E-state index contributed by atoms with van der Waals surface area (Å²) in [6.45, 7) is 4.30. The van der Waals surface area contributed by atoms with Gasteiger partial charge in [0.1, 0.15) is 5.75 Å². The maximum Gasteiger partial charge on any atom is 0.308 e. The molecule has 1 aromatic rings. The summed E-state index contributed by atoms with van der Waals surface area (Å²) in [7, 11) is 0. The fourth-order valence-corrected chi connectivity index (χ4v) is 2.72. The summed E-state index contributed by atoms with van der Waals surface area (Å²) in [6.07, 6.45) is 0. The van der Waals surface area contributed by atoms with Crippen molar-refractivity contribution in [2.45, 2.75) is 13.8 Å². The van der Waals surface area contributed by atoms with E-state index in [1.165, 1.54) is 0 Å². The molecule has 21 heavy (non-hydrogen) atoms. The molecule has 1 N–H and O–H groups in total. The first-order valence-corrected chi connectivity index (χ1v) is 7.16. The van der Waals surface area contributed by atoms with Gasteiger partial charge in [-0.3, -0.25) is 9.59 Å². The van der Waals surface area contributed by atoms with Crippen molar-refractivity contribution in [3.05, 3.63) is 28.8 Å². The van der Waals surface area contributed by atoms with Crippen LogP contribution in [-0.4, -0.2) is 41.6 Å². The number of amides is 1. The number of carboxylic acid groups (broad SMARTS) is 1. The third kappa shape index (κ3) is 3.67. The molecule has 1 aliphatic heterocycles. The average Bonchev–Trinajstić information content (AvgIpc) is 2.80. The first kappa shape index (κ1) is 15.6. The Morgan fingerprint density at radius 3 is 2.71 bits per heavy atom. The third-order valence-corrected chi connectivity index (χ3v) is 4.01. The number of ether oxygens (including phenoxy) is 1. The van der Waals surface area contributed by atoms with Gasteiger partial charge in [0.05, 0.1) is 5.92 Å². The van der Waals surface area contributed by atoms with E-state index >= 15 is 0 Å². The number of aryl methyl sites for hydroxylation is 1. The summed E-state index contributed by atoms with van der Waals surface area (Å²) in [5.74, 6) is -0.975. The summed E-state index contributed by atoms with van der Waals surface area (Å²) in [5.41, 5.74) is 0.855. The molecule has 1 saturated heterocycles. The van der Waals surface area contributed by atoms with E-state index in [9.17, 15) is 9.59 Å². The highest BCUT2D eigenvalue weighted by molar-refractivity contribution is 6.30. The number of halogens is 1. The van der Waals surface area contributed by atoms with E-state index in [0.717, 1.165) is 5.56 Å². The van der Waals surface area contributed by atoms with Crippen LogP contribution in [0.5, 0.6) is 5.75 Å². The Balaban J connectivity index is 1.92. The Bertz CT molecular complexity index is 561. The van der Waals surface area contributed by atoms with Crippen molar-refractivity contribution >= 4 is 23.5 Å². The SMILES string of the molecule is Cc1cc(Cl)ccc1OCC(=O)N1C[C@@H](C)[C@H](C(=O)O)C1. The fourth-order valence-electron chi connectivity index (χ4n) is 2.50. The summed E-state index contributed by atoms with van der Waals surface area (Å²) < 4.78 is 5.50. The fraction of sp³-hybridized carbons (Fsp3) is 0.467. The molecule has 5 nitrogen and oxygen atoms in total. The predicted octanol–water partition coefficient (Wildman–Crippen LogP) is 2.21. The minimum atomic E-state index is -0.854.